The Morgan fingerprint density at radius 3 is 2.24 bits per heavy atom. The molecule has 2 heterocycles. The first-order valence-electron chi connectivity index (χ1n) is 6.84. The zero-order valence-corrected chi connectivity index (χ0v) is 13.1. The van der Waals surface area contributed by atoms with Crippen LogP contribution in [0.5, 0.6) is 0 Å². The van der Waals surface area contributed by atoms with E-state index in [4.69, 9.17) is 4.52 Å². The van der Waals surface area contributed by atoms with Gasteiger partial charge in [-0.05, 0) is 20.8 Å². The fraction of sp³-hybridized carbons (Fsp3) is 0.538. The number of aromatic nitrogens is 4. The number of nitrogens with zero attached hydrogens (tertiary/aromatic N) is 5. The molecule has 2 aromatic rings. The van der Waals surface area contributed by atoms with E-state index in [-0.39, 0.29) is 0 Å². The van der Waals surface area contributed by atoms with E-state index in [1.807, 2.05) is 39.8 Å². The summed E-state index contributed by atoms with van der Waals surface area (Å²) in [7, 11) is 3.78. The predicted molar refractivity (Wildman–Crippen MR) is 81.6 cm³/mol. The number of hydrogen-bond acceptors (Lipinski definition) is 8. The van der Waals surface area contributed by atoms with Crippen molar-refractivity contribution in [3.05, 3.63) is 17.0 Å². The van der Waals surface area contributed by atoms with E-state index in [1.54, 1.807) is 0 Å². The molecule has 0 bridgehead atoms. The Labute approximate surface area is 124 Å². The highest BCUT2D eigenvalue weighted by Crippen LogP contribution is 2.15. The molecule has 0 fully saturated rings. The number of nitrogens with one attached hydrogen (secondary N) is 2. The molecule has 0 aromatic carbocycles. The van der Waals surface area contributed by atoms with Crippen molar-refractivity contribution in [2.75, 3.05) is 36.2 Å². The molecule has 0 saturated carbocycles. The Morgan fingerprint density at radius 1 is 1.05 bits per heavy atom. The fourth-order valence-electron chi connectivity index (χ4n) is 1.80. The fourth-order valence-corrected chi connectivity index (χ4v) is 1.80. The Balaban J connectivity index is 2.19. The second-order valence-corrected chi connectivity index (χ2v) is 4.86. The van der Waals surface area contributed by atoms with Crippen LogP contribution in [0.3, 0.4) is 0 Å². The lowest BCUT2D eigenvalue weighted by molar-refractivity contribution is 0.392. The van der Waals surface area contributed by atoms with E-state index >= 15 is 0 Å². The maximum atomic E-state index is 5.14. The second-order valence-electron chi connectivity index (χ2n) is 4.86. The summed E-state index contributed by atoms with van der Waals surface area (Å²) in [6.45, 7) is 7.11. The zero-order chi connectivity index (χ0) is 15.4. The van der Waals surface area contributed by atoms with Crippen LogP contribution in [-0.2, 0) is 6.54 Å². The van der Waals surface area contributed by atoms with Crippen molar-refractivity contribution < 1.29 is 4.52 Å². The lowest BCUT2D eigenvalue weighted by Gasteiger charge is -2.13. The van der Waals surface area contributed by atoms with Gasteiger partial charge in [-0.2, -0.15) is 15.0 Å². The molecule has 0 aliphatic rings. The predicted octanol–water partition coefficient (Wildman–Crippen LogP) is 1.59. The molecule has 2 aromatic heterocycles. The third kappa shape index (κ3) is 3.59. The van der Waals surface area contributed by atoms with Crippen LogP contribution in [0, 0.1) is 13.8 Å². The van der Waals surface area contributed by atoms with Crippen LogP contribution in [0.2, 0.25) is 0 Å². The van der Waals surface area contributed by atoms with Crippen molar-refractivity contribution in [2.24, 2.45) is 0 Å². The van der Waals surface area contributed by atoms with E-state index < -0.39 is 0 Å². The highest BCUT2D eigenvalue weighted by atomic mass is 16.5. The molecule has 0 saturated heterocycles. The number of anilines is 3. The molecule has 0 atom stereocenters. The quantitative estimate of drug-likeness (QED) is 0.829. The van der Waals surface area contributed by atoms with Gasteiger partial charge in [-0.3, -0.25) is 0 Å². The zero-order valence-electron chi connectivity index (χ0n) is 13.1. The van der Waals surface area contributed by atoms with Crippen molar-refractivity contribution >= 4 is 17.8 Å². The van der Waals surface area contributed by atoms with Gasteiger partial charge in [0.15, 0.2) is 0 Å². The van der Waals surface area contributed by atoms with E-state index in [0.717, 1.165) is 23.6 Å². The Morgan fingerprint density at radius 2 is 1.71 bits per heavy atom. The molecule has 2 rings (SSSR count). The first kappa shape index (κ1) is 15.0. The number of aryl methyl sites for hydroxylation is 2. The normalized spacial score (nSPS) is 10.5. The van der Waals surface area contributed by atoms with Crippen molar-refractivity contribution in [1.29, 1.82) is 0 Å². The van der Waals surface area contributed by atoms with Crippen LogP contribution >= 0.6 is 0 Å². The van der Waals surface area contributed by atoms with Gasteiger partial charge in [0.05, 0.1) is 5.69 Å². The van der Waals surface area contributed by atoms with Crippen molar-refractivity contribution in [3.63, 3.8) is 0 Å². The van der Waals surface area contributed by atoms with E-state index in [2.05, 4.69) is 30.7 Å². The summed E-state index contributed by atoms with van der Waals surface area (Å²) in [6, 6.07) is 0. The minimum atomic E-state index is 0.518. The first-order valence-corrected chi connectivity index (χ1v) is 6.84. The third-order valence-electron chi connectivity index (χ3n) is 2.96. The summed E-state index contributed by atoms with van der Waals surface area (Å²) in [5, 5.41) is 10.2. The van der Waals surface area contributed by atoms with Crippen LogP contribution in [0.15, 0.2) is 4.52 Å². The van der Waals surface area contributed by atoms with Gasteiger partial charge in [-0.15, -0.1) is 0 Å². The van der Waals surface area contributed by atoms with Crippen LogP contribution in [0.4, 0.5) is 17.8 Å². The van der Waals surface area contributed by atoms with Gasteiger partial charge in [-0.1, -0.05) is 5.16 Å². The van der Waals surface area contributed by atoms with Gasteiger partial charge in [0, 0.05) is 32.7 Å². The van der Waals surface area contributed by atoms with Crippen LogP contribution in [0.25, 0.3) is 0 Å². The molecule has 0 aliphatic carbocycles. The van der Waals surface area contributed by atoms with Gasteiger partial charge < -0.3 is 20.1 Å². The number of hydrogen-bond donors (Lipinski definition) is 2. The molecule has 0 amide bonds. The largest absolute Gasteiger partial charge is 0.361 e. The summed E-state index contributed by atoms with van der Waals surface area (Å²) < 4.78 is 5.14. The highest BCUT2D eigenvalue weighted by Gasteiger charge is 2.11. The Kier molecular flexibility index (Phi) is 4.56. The lowest BCUT2D eigenvalue weighted by atomic mass is 10.2. The minimum Gasteiger partial charge on any atom is -0.361 e. The Bertz CT molecular complexity index is 589. The van der Waals surface area contributed by atoms with Gasteiger partial charge in [0.2, 0.25) is 17.8 Å². The molecule has 2 N–H and O–H groups in total. The summed E-state index contributed by atoms with van der Waals surface area (Å²) in [4.78, 5) is 14.9. The van der Waals surface area contributed by atoms with Crippen molar-refractivity contribution in [2.45, 2.75) is 27.3 Å². The first-order chi connectivity index (χ1) is 10.0. The monoisotopic (exact) mass is 291 g/mol. The third-order valence-corrected chi connectivity index (χ3v) is 2.96. The van der Waals surface area contributed by atoms with Gasteiger partial charge in [0.1, 0.15) is 5.76 Å². The van der Waals surface area contributed by atoms with Gasteiger partial charge in [-0.25, -0.2) is 0 Å². The summed E-state index contributed by atoms with van der Waals surface area (Å²) in [5.41, 5.74) is 1.89. The molecular formula is C13H21N7O. The molecule has 0 unspecified atom stereocenters. The molecule has 0 radical (unpaired) electrons. The van der Waals surface area contributed by atoms with Crippen molar-refractivity contribution in [3.8, 4) is 0 Å². The standard InChI is InChI=1S/C13H21N7O/c1-6-14-11-16-12(18-13(17-11)20(4)5)15-7-10-8(2)19-21-9(10)3/h6-7H2,1-5H3,(H2,14,15,16,17,18). The molecule has 114 valence electrons. The topological polar surface area (TPSA) is 92.0 Å². The summed E-state index contributed by atoms with van der Waals surface area (Å²) in [6.07, 6.45) is 0. The van der Waals surface area contributed by atoms with Crippen LogP contribution < -0.4 is 15.5 Å². The molecular weight excluding hydrogens is 270 g/mol. The van der Waals surface area contributed by atoms with E-state index in [1.165, 1.54) is 0 Å². The second kappa shape index (κ2) is 6.38. The molecule has 0 aliphatic heterocycles. The lowest BCUT2D eigenvalue weighted by Crippen LogP contribution is -2.17. The molecule has 8 nitrogen and oxygen atoms in total. The number of rotatable bonds is 6. The molecule has 0 spiro atoms. The molecule has 21 heavy (non-hydrogen) atoms. The summed E-state index contributed by atoms with van der Waals surface area (Å²) in [5.74, 6) is 2.47. The molecule has 8 heteroatoms. The maximum absolute atomic E-state index is 5.14. The smallest absolute Gasteiger partial charge is 0.231 e. The van der Waals surface area contributed by atoms with E-state index in [0.29, 0.717) is 24.4 Å². The van der Waals surface area contributed by atoms with Crippen LogP contribution in [0.1, 0.15) is 23.9 Å². The van der Waals surface area contributed by atoms with E-state index in [9.17, 15) is 0 Å². The average Bonchev–Trinajstić information content (AvgIpc) is 2.76. The van der Waals surface area contributed by atoms with Gasteiger partial charge >= 0.3 is 0 Å². The average molecular weight is 291 g/mol. The minimum absolute atomic E-state index is 0.518. The van der Waals surface area contributed by atoms with Crippen LogP contribution in [-0.4, -0.2) is 40.7 Å². The highest BCUT2D eigenvalue weighted by molar-refractivity contribution is 5.43. The SMILES string of the molecule is CCNc1nc(NCc2c(C)noc2C)nc(N(C)C)n1. The Hall–Kier alpha value is -2.38. The summed E-state index contributed by atoms with van der Waals surface area (Å²) >= 11 is 0. The van der Waals surface area contributed by atoms with Crippen molar-refractivity contribution in [1.82, 2.24) is 20.1 Å². The van der Waals surface area contributed by atoms with Gasteiger partial charge in [0.25, 0.3) is 0 Å². The maximum Gasteiger partial charge on any atom is 0.231 e.